The molecule has 0 aliphatic carbocycles. The summed E-state index contributed by atoms with van der Waals surface area (Å²) >= 11 is 0. The second-order valence-electron chi connectivity index (χ2n) is 2.07. The molecule has 0 amide bonds. The molecular formula is C8H15NO3. The van der Waals surface area contributed by atoms with E-state index in [0.29, 0.717) is 19.1 Å². The first-order valence-corrected chi connectivity index (χ1v) is 4.00. The Kier molecular flexibility index (Phi) is 6.05. The van der Waals surface area contributed by atoms with Crippen molar-refractivity contribution in [2.45, 2.75) is 20.8 Å². The van der Waals surface area contributed by atoms with Crippen LogP contribution in [0.1, 0.15) is 20.8 Å². The molecule has 4 nitrogen and oxygen atoms in total. The van der Waals surface area contributed by atoms with Crippen molar-refractivity contribution in [1.29, 1.82) is 0 Å². The molecule has 0 atom stereocenters. The van der Waals surface area contributed by atoms with Gasteiger partial charge in [0.2, 0.25) is 0 Å². The molecule has 12 heavy (non-hydrogen) atoms. The summed E-state index contributed by atoms with van der Waals surface area (Å²) in [6.07, 6.45) is 0. The van der Waals surface area contributed by atoms with Gasteiger partial charge in [-0.15, -0.1) is 0 Å². The second kappa shape index (κ2) is 6.64. The summed E-state index contributed by atoms with van der Waals surface area (Å²) in [4.78, 5) is 14.6. The highest BCUT2D eigenvalue weighted by atomic mass is 16.5. The van der Waals surface area contributed by atoms with Crippen molar-refractivity contribution in [3.8, 4) is 0 Å². The van der Waals surface area contributed by atoms with Crippen LogP contribution in [0.5, 0.6) is 0 Å². The summed E-state index contributed by atoms with van der Waals surface area (Å²) < 4.78 is 9.68. The molecule has 0 heterocycles. The Bertz CT molecular complexity index is 166. The van der Waals surface area contributed by atoms with E-state index < -0.39 is 0 Å². The minimum Gasteiger partial charge on any atom is -0.481 e. The molecule has 0 rings (SSSR count). The number of esters is 1. The molecule has 0 unspecified atom stereocenters. The van der Waals surface area contributed by atoms with Gasteiger partial charge >= 0.3 is 5.97 Å². The summed E-state index contributed by atoms with van der Waals surface area (Å²) in [6.45, 7) is 6.34. The van der Waals surface area contributed by atoms with Crippen molar-refractivity contribution < 1.29 is 14.3 Å². The standard InChI is InChI=1S/C8H15NO3/c1-4-11-7(3)9-6-8(10)12-5-2/h4-6H2,1-3H3/b9-7+. The zero-order chi connectivity index (χ0) is 9.40. The van der Waals surface area contributed by atoms with E-state index in [2.05, 4.69) is 9.73 Å². The lowest BCUT2D eigenvalue weighted by atomic mass is 10.6. The van der Waals surface area contributed by atoms with E-state index in [9.17, 15) is 4.79 Å². The van der Waals surface area contributed by atoms with E-state index in [-0.39, 0.29) is 12.5 Å². The first-order chi connectivity index (χ1) is 5.70. The number of nitrogens with zero attached hydrogens (tertiary/aromatic N) is 1. The maximum atomic E-state index is 10.8. The van der Waals surface area contributed by atoms with Crippen LogP contribution in [0.3, 0.4) is 0 Å². The average molecular weight is 173 g/mol. The molecule has 0 radical (unpaired) electrons. The van der Waals surface area contributed by atoms with E-state index >= 15 is 0 Å². The predicted octanol–water partition coefficient (Wildman–Crippen LogP) is 1.00. The second-order valence-corrected chi connectivity index (χ2v) is 2.07. The number of hydrogen-bond acceptors (Lipinski definition) is 4. The molecular weight excluding hydrogens is 158 g/mol. The van der Waals surface area contributed by atoms with Crippen LogP contribution in [0.25, 0.3) is 0 Å². The molecule has 0 aliphatic heterocycles. The molecule has 0 spiro atoms. The third kappa shape index (κ3) is 5.70. The Labute approximate surface area is 72.6 Å². The lowest BCUT2D eigenvalue weighted by molar-refractivity contribution is -0.141. The average Bonchev–Trinajstić information content (AvgIpc) is 2.02. The SMILES string of the molecule is CCOC(=O)C/N=C(\C)OCC. The van der Waals surface area contributed by atoms with Crippen molar-refractivity contribution in [1.82, 2.24) is 0 Å². The summed E-state index contributed by atoms with van der Waals surface area (Å²) in [5, 5.41) is 0. The lowest BCUT2D eigenvalue weighted by Gasteiger charge is -2.01. The first-order valence-electron chi connectivity index (χ1n) is 4.00. The highest BCUT2D eigenvalue weighted by Crippen LogP contribution is 1.84. The maximum Gasteiger partial charge on any atom is 0.327 e. The van der Waals surface area contributed by atoms with Crippen molar-refractivity contribution in [3.63, 3.8) is 0 Å². The Morgan fingerprint density at radius 1 is 1.25 bits per heavy atom. The van der Waals surface area contributed by atoms with Gasteiger partial charge in [0, 0.05) is 6.92 Å². The fourth-order valence-electron chi connectivity index (χ4n) is 0.637. The van der Waals surface area contributed by atoms with E-state index in [1.54, 1.807) is 13.8 Å². The number of ether oxygens (including phenoxy) is 2. The molecule has 0 fully saturated rings. The Hall–Kier alpha value is -1.06. The van der Waals surface area contributed by atoms with Crippen molar-refractivity contribution >= 4 is 11.9 Å². The van der Waals surface area contributed by atoms with Crippen LogP contribution in [0.4, 0.5) is 0 Å². The van der Waals surface area contributed by atoms with Crippen molar-refractivity contribution in [3.05, 3.63) is 0 Å². The fraction of sp³-hybridized carbons (Fsp3) is 0.750. The number of aliphatic imine (C=N–C) groups is 1. The zero-order valence-corrected chi connectivity index (χ0v) is 7.79. The molecule has 70 valence electrons. The van der Waals surface area contributed by atoms with Gasteiger partial charge in [-0.25, -0.2) is 4.99 Å². The van der Waals surface area contributed by atoms with E-state index in [0.717, 1.165) is 0 Å². The number of hydrogen-bond donors (Lipinski definition) is 0. The number of carbonyl (C=O) groups is 1. The van der Waals surface area contributed by atoms with Crippen molar-refractivity contribution in [2.75, 3.05) is 19.8 Å². The van der Waals surface area contributed by atoms with Gasteiger partial charge in [0.25, 0.3) is 0 Å². The van der Waals surface area contributed by atoms with E-state index in [1.165, 1.54) is 0 Å². The van der Waals surface area contributed by atoms with Gasteiger partial charge in [-0.1, -0.05) is 0 Å². The topological polar surface area (TPSA) is 47.9 Å². The van der Waals surface area contributed by atoms with E-state index in [1.807, 2.05) is 6.92 Å². The molecule has 0 aliphatic rings. The van der Waals surface area contributed by atoms with Gasteiger partial charge in [0.15, 0.2) is 5.90 Å². The number of rotatable bonds is 4. The minimum absolute atomic E-state index is 0.0413. The van der Waals surface area contributed by atoms with Crippen LogP contribution in [0, 0.1) is 0 Å². The molecule has 0 aromatic rings. The first kappa shape index (κ1) is 10.9. The predicted molar refractivity (Wildman–Crippen MR) is 46.2 cm³/mol. The van der Waals surface area contributed by atoms with Gasteiger partial charge in [-0.2, -0.15) is 0 Å². The van der Waals surface area contributed by atoms with Crippen molar-refractivity contribution in [2.24, 2.45) is 4.99 Å². The van der Waals surface area contributed by atoms with Crippen LogP contribution in [0.15, 0.2) is 4.99 Å². The monoisotopic (exact) mass is 173 g/mol. The highest BCUT2D eigenvalue weighted by molar-refractivity contribution is 5.78. The molecule has 0 aromatic heterocycles. The Morgan fingerprint density at radius 3 is 2.33 bits per heavy atom. The summed E-state index contributed by atoms with van der Waals surface area (Å²) in [7, 11) is 0. The lowest BCUT2D eigenvalue weighted by Crippen LogP contribution is -2.10. The van der Waals surface area contributed by atoms with Crippen LogP contribution in [-0.4, -0.2) is 31.6 Å². The van der Waals surface area contributed by atoms with Crippen LogP contribution in [0.2, 0.25) is 0 Å². The normalized spacial score (nSPS) is 11.1. The Balaban J connectivity index is 3.63. The van der Waals surface area contributed by atoms with Crippen LogP contribution >= 0.6 is 0 Å². The summed E-state index contributed by atoms with van der Waals surface area (Å²) in [5.41, 5.74) is 0. The van der Waals surface area contributed by atoms with Crippen LogP contribution < -0.4 is 0 Å². The van der Waals surface area contributed by atoms with Gasteiger partial charge in [-0.3, -0.25) is 4.79 Å². The van der Waals surface area contributed by atoms with Gasteiger partial charge in [0.1, 0.15) is 6.54 Å². The molecule has 0 saturated carbocycles. The summed E-state index contributed by atoms with van der Waals surface area (Å²) in [5.74, 6) is 0.196. The minimum atomic E-state index is -0.323. The summed E-state index contributed by atoms with van der Waals surface area (Å²) in [6, 6.07) is 0. The van der Waals surface area contributed by atoms with Gasteiger partial charge < -0.3 is 9.47 Å². The molecule has 0 N–H and O–H groups in total. The zero-order valence-electron chi connectivity index (χ0n) is 7.79. The maximum absolute atomic E-state index is 10.8. The highest BCUT2D eigenvalue weighted by Gasteiger charge is 1.98. The third-order valence-electron chi connectivity index (χ3n) is 1.09. The van der Waals surface area contributed by atoms with Gasteiger partial charge in [-0.05, 0) is 13.8 Å². The molecule has 0 bridgehead atoms. The molecule has 0 saturated heterocycles. The quantitative estimate of drug-likeness (QED) is 0.362. The third-order valence-corrected chi connectivity index (χ3v) is 1.09. The van der Waals surface area contributed by atoms with Crippen LogP contribution in [-0.2, 0) is 14.3 Å². The fourth-order valence-corrected chi connectivity index (χ4v) is 0.637. The molecule has 4 heteroatoms. The Morgan fingerprint density at radius 2 is 1.83 bits per heavy atom. The largest absolute Gasteiger partial charge is 0.481 e. The molecule has 0 aromatic carbocycles. The smallest absolute Gasteiger partial charge is 0.327 e. The number of carbonyl (C=O) groups excluding carboxylic acids is 1. The van der Waals surface area contributed by atoms with E-state index in [4.69, 9.17) is 4.74 Å². The van der Waals surface area contributed by atoms with Gasteiger partial charge in [0.05, 0.1) is 13.2 Å².